The third kappa shape index (κ3) is 4.56. The fourth-order valence-electron chi connectivity index (χ4n) is 3.57. The van der Waals surface area contributed by atoms with Crippen molar-refractivity contribution in [3.63, 3.8) is 0 Å². The number of piperidine rings is 1. The van der Waals surface area contributed by atoms with Crippen molar-refractivity contribution in [2.75, 3.05) is 39.8 Å². The van der Waals surface area contributed by atoms with Gasteiger partial charge in [-0.3, -0.25) is 9.69 Å². The minimum atomic E-state index is 0.0516. The molecule has 1 amide bonds. The highest BCUT2D eigenvalue weighted by atomic mass is 16.1. The number of rotatable bonds is 4. The van der Waals surface area contributed by atoms with Crippen molar-refractivity contribution in [3.05, 3.63) is 35.4 Å². The van der Waals surface area contributed by atoms with Crippen LogP contribution in [-0.4, -0.2) is 67.6 Å². The van der Waals surface area contributed by atoms with E-state index in [9.17, 15) is 4.79 Å². The fraction of sp³-hybridized carbons (Fsp3) is 0.632. The van der Waals surface area contributed by atoms with E-state index in [1.807, 2.05) is 12.1 Å². The second kappa shape index (κ2) is 8.10. The highest BCUT2D eigenvalue weighted by molar-refractivity contribution is 5.94. The zero-order valence-electron chi connectivity index (χ0n) is 14.9. The first-order valence-corrected chi connectivity index (χ1v) is 9.16. The van der Waals surface area contributed by atoms with Crippen LogP contribution in [0.25, 0.3) is 0 Å². The molecule has 5 heteroatoms. The van der Waals surface area contributed by atoms with Crippen LogP contribution in [0.3, 0.4) is 0 Å². The second-order valence-electron chi connectivity index (χ2n) is 7.24. The summed E-state index contributed by atoms with van der Waals surface area (Å²) in [4.78, 5) is 17.4. The maximum atomic E-state index is 12.6. The number of carbonyl (C=O) groups is 1. The number of hydrogen-bond acceptors (Lipinski definition) is 4. The van der Waals surface area contributed by atoms with Crippen LogP contribution in [0.2, 0.25) is 0 Å². The first kappa shape index (κ1) is 17.4. The molecule has 0 radical (unpaired) electrons. The van der Waals surface area contributed by atoms with Gasteiger partial charge < -0.3 is 15.5 Å². The molecule has 0 aromatic heterocycles. The summed E-state index contributed by atoms with van der Waals surface area (Å²) in [6, 6.07) is 8.67. The van der Waals surface area contributed by atoms with Gasteiger partial charge in [-0.25, -0.2) is 0 Å². The second-order valence-corrected chi connectivity index (χ2v) is 7.24. The van der Waals surface area contributed by atoms with E-state index in [1.165, 1.54) is 5.56 Å². The Morgan fingerprint density at radius 2 is 2.08 bits per heavy atom. The lowest BCUT2D eigenvalue weighted by Crippen LogP contribution is -2.51. The van der Waals surface area contributed by atoms with Crippen LogP contribution >= 0.6 is 0 Å². The summed E-state index contributed by atoms with van der Waals surface area (Å²) in [5.41, 5.74) is 2.00. The summed E-state index contributed by atoms with van der Waals surface area (Å²) in [6.07, 6.45) is 2.18. The molecule has 2 unspecified atom stereocenters. The van der Waals surface area contributed by atoms with Crippen LogP contribution in [0.15, 0.2) is 24.3 Å². The quantitative estimate of drug-likeness (QED) is 0.874. The van der Waals surface area contributed by atoms with Crippen LogP contribution < -0.4 is 10.6 Å². The van der Waals surface area contributed by atoms with Crippen molar-refractivity contribution in [1.82, 2.24) is 20.4 Å². The third-order valence-electron chi connectivity index (χ3n) is 5.27. The highest BCUT2D eigenvalue weighted by Crippen LogP contribution is 2.13. The summed E-state index contributed by atoms with van der Waals surface area (Å²) >= 11 is 0. The summed E-state index contributed by atoms with van der Waals surface area (Å²) in [5, 5.41) is 6.63. The Morgan fingerprint density at radius 3 is 2.83 bits per heavy atom. The van der Waals surface area contributed by atoms with E-state index in [1.54, 1.807) is 0 Å². The monoisotopic (exact) mass is 330 g/mol. The molecule has 2 saturated heterocycles. The molecule has 24 heavy (non-hydrogen) atoms. The van der Waals surface area contributed by atoms with Gasteiger partial charge in [-0.1, -0.05) is 12.1 Å². The van der Waals surface area contributed by atoms with Crippen LogP contribution in [0.1, 0.15) is 35.7 Å². The Kier molecular flexibility index (Phi) is 5.87. The Bertz CT molecular complexity index is 554. The lowest BCUT2D eigenvalue weighted by molar-refractivity contribution is 0.0919. The minimum absolute atomic E-state index is 0.0516. The van der Waals surface area contributed by atoms with Crippen molar-refractivity contribution < 1.29 is 4.79 Å². The number of nitrogens with zero attached hydrogens (tertiary/aromatic N) is 2. The number of nitrogens with one attached hydrogen (secondary N) is 2. The van der Waals surface area contributed by atoms with Crippen LogP contribution in [-0.2, 0) is 6.54 Å². The molecule has 0 saturated carbocycles. The van der Waals surface area contributed by atoms with Gasteiger partial charge in [-0.2, -0.15) is 0 Å². The van der Waals surface area contributed by atoms with Gasteiger partial charge in [0.2, 0.25) is 0 Å². The zero-order chi connectivity index (χ0) is 16.9. The van der Waals surface area contributed by atoms with E-state index in [4.69, 9.17) is 0 Å². The van der Waals surface area contributed by atoms with E-state index in [2.05, 4.69) is 46.5 Å². The standard InChI is InChI=1S/C19H30N4O/c1-15-18(7-4-8-20-15)21-19(24)17-6-3-5-16(13-17)14-23-11-9-22(2)10-12-23/h3,5-6,13,15,18,20H,4,7-12,14H2,1-2H3,(H,21,24). The maximum Gasteiger partial charge on any atom is 0.251 e. The summed E-state index contributed by atoms with van der Waals surface area (Å²) in [7, 11) is 2.17. The molecule has 0 bridgehead atoms. The Hall–Kier alpha value is -1.43. The molecule has 5 nitrogen and oxygen atoms in total. The molecular weight excluding hydrogens is 300 g/mol. The van der Waals surface area contributed by atoms with Crippen LogP contribution in [0, 0.1) is 0 Å². The van der Waals surface area contributed by atoms with Gasteiger partial charge in [0.25, 0.3) is 5.91 Å². The number of piperazine rings is 1. The molecule has 2 fully saturated rings. The molecule has 2 aliphatic heterocycles. The van der Waals surface area contributed by atoms with Crippen molar-refractivity contribution >= 4 is 5.91 Å². The molecule has 0 aliphatic carbocycles. The van der Waals surface area contributed by atoms with Crippen molar-refractivity contribution in [1.29, 1.82) is 0 Å². The molecule has 2 aliphatic rings. The van der Waals surface area contributed by atoms with Crippen LogP contribution in [0.5, 0.6) is 0 Å². The molecule has 2 atom stereocenters. The first-order chi connectivity index (χ1) is 11.6. The third-order valence-corrected chi connectivity index (χ3v) is 5.27. The van der Waals surface area contributed by atoms with E-state index >= 15 is 0 Å². The van der Waals surface area contributed by atoms with Gasteiger partial charge in [0.1, 0.15) is 0 Å². The number of carbonyl (C=O) groups excluding carboxylic acids is 1. The predicted molar refractivity (Wildman–Crippen MR) is 97.2 cm³/mol. The maximum absolute atomic E-state index is 12.6. The van der Waals surface area contributed by atoms with E-state index in [0.717, 1.165) is 57.7 Å². The van der Waals surface area contributed by atoms with Gasteiger partial charge in [-0.05, 0) is 51.1 Å². The summed E-state index contributed by atoms with van der Waals surface area (Å²) < 4.78 is 0. The summed E-state index contributed by atoms with van der Waals surface area (Å²) in [6.45, 7) is 8.55. The first-order valence-electron chi connectivity index (χ1n) is 9.16. The zero-order valence-corrected chi connectivity index (χ0v) is 14.9. The number of hydrogen-bond donors (Lipinski definition) is 2. The average molecular weight is 330 g/mol. The van der Waals surface area contributed by atoms with Crippen LogP contribution in [0.4, 0.5) is 0 Å². The lowest BCUT2D eigenvalue weighted by Gasteiger charge is -2.32. The molecule has 1 aromatic rings. The molecular formula is C19H30N4O. The molecule has 0 spiro atoms. The molecule has 1 aromatic carbocycles. The number of amides is 1. The highest BCUT2D eigenvalue weighted by Gasteiger charge is 2.23. The predicted octanol–water partition coefficient (Wildman–Crippen LogP) is 1.30. The van der Waals surface area contributed by atoms with Gasteiger partial charge in [-0.15, -0.1) is 0 Å². The molecule has 132 valence electrons. The van der Waals surface area contributed by atoms with E-state index < -0.39 is 0 Å². The van der Waals surface area contributed by atoms with Crippen molar-refractivity contribution in [2.45, 2.75) is 38.4 Å². The molecule has 3 rings (SSSR count). The number of likely N-dealkylation sites (N-methyl/N-ethyl adjacent to an activating group) is 1. The summed E-state index contributed by atoms with van der Waals surface area (Å²) in [5.74, 6) is 0.0516. The SMILES string of the molecule is CC1NCCCC1NC(=O)c1cccc(CN2CCN(C)CC2)c1. The Balaban J connectivity index is 1.58. The van der Waals surface area contributed by atoms with Gasteiger partial charge in [0, 0.05) is 50.4 Å². The molecule has 2 N–H and O–H groups in total. The normalized spacial score (nSPS) is 26.2. The van der Waals surface area contributed by atoms with Crippen molar-refractivity contribution in [2.24, 2.45) is 0 Å². The van der Waals surface area contributed by atoms with Crippen molar-refractivity contribution in [3.8, 4) is 0 Å². The van der Waals surface area contributed by atoms with Gasteiger partial charge in [0.05, 0.1) is 0 Å². The number of benzene rings is 1. The van der Waals surface area contributed by atoms with Gasteiger partial charge >= 0.3 is 0 Å². The smallest absolute Gasteiger partial charge is 0.251 e. The van der Waals surface area contributed by atoms with E-state index in [-0.39, 0.29) is 11.9 Å². The fourth-order valence-corrected chi connectivity index (χ4v) is 3.57. The lowest BCUT2D eigenvalue weighted by atomic mass is 9.99. The van der Waals surface area contributed by atoms with Gasteiger partial charge in [0.15, 0.2) is 0 Å². The Labute approximate surface area is 145 Å². The Morgan fingerprint density at radius 1 is 1.29 bits per heavy atom. The average Bonchev–Trinajstić information content (AvgIpc) is 2.59. The molecule has 2 heterocycles. The minimum Gasteiger partial charge on any atom is -0.348 e. The topological polar surface area (TPSA) is 47.6 Å². The van der Waals surface area contributed by atoms with E-state index in [0.29, 0.717) is 6.04 Å². The largest absolute Gasteiger partial charge is 0.348 e.